The first-order chi connectivity index (χ1) is 9.44. The van der Waals surface area contributed by atoms with Gasteiger partial charge in [-0.2, -0.15) is 0 Å². The summed E-state index contributed by atoms with van der Waals surface area (Å²) in [7, 11) is 0. The maximum Gasteiger partial charge on any atom is 0.329 e. The Hall–Kier alpha value is -2.18. The minimum absolute atomic E-state index is 0.0423. The average molecular weight is 282 g/mol. The third-order valence-corrected chi connectivity index (χ3v) is 3.65. The van der Waals surface area contributed by atoms with Crippen molar-refractivity contribution in [3.8, 4) is 0 Å². The lowest BCUT2D eigenvalue weighted by molar-refractivity contribution is -0.384. The number of rotatable bonds is 4. The molecule has 0 radical (unpaired) electrons. The molecule has 0 bridgehead atoms. The van der Waals surface area contributed by atoms with Gasteiger partial charge < -0.3 is 10.4 Å². The fourth-order valence-electron chi connectivity index (χ4n) is 2.57. The molecule has 0 saturated heterocycles. The Balaban J connectivity index is 2.36. The first kappa shape index (κ1) is 14.2. The van der Waals surface area contributed by atoms with E-state index in [4.69, 9.17) is 0 Å². The fraction of sp³-hybridized carbons (Fsp3) is 0.462. The first-order valence-electron chi connectivity index (χ1n) is 6.40. The minimum Gasteiger partial charge on any atom is -0.480 e. The molecule has 0 aliphatic heterocycles. The van der Waals surface area contributed by atoms with Gasteiger partial charge in [0.15, 0.2) is 0 Å². The lowest BCUT2D eigenvalue weighted by Gasteiger charge is -2.34. The number of nitrogens with zero attached hydrogens (tertiary/aromatic N) is 1. The van der Waals surface area contributed by atoms with Gasteiger partial charge in [0.25, 0.3) is 5.69 Å². The van der Waals surface area contributed by atoms with Crippen LogP contribution in [0.25, 0.3) is 0 Å². The van der Waals surface area contributed by atoms with Crippen LogP contribution in [0.15, 0.2) is 18.2 Å². The molecule has 0 atom stereocenters. The van der Waals surface area contributed by atoms with Gasteiger partial charge in [-0.25, -0.2) is 9.18 Å². The van der Waals surface area contributed by atoms with Crippen molar-refractivity contribution in [2.45, 2.75) is 37.6 Å². The van der Waals surface area contributed by atoms with Crippen LogP contribution in [-0.4, -0.2) is 21.5 Å². The Bertz CT molecular complexity index is 541. The predicted molar refractivity (Wildman–Crippen MR) is 70.1 cm³/mol. The summed E-state index contributed by atoms with van der Waals surface area (Å²) in [6.07, 6.45) is 3.23. The molecule has 1 aliphatic carbocycles. The molecule has 1 aromatic rings. The number of nitro benzene ring substituents is 1. The zero-order chi connectivity index (χ0) is 14.8. The molecule has 0 aromatic heterocycles. The van der Waals surface area contributed by atoms with Crippen LogP contribution in [0.3, 0.4) is 0 Å². The number of carbonyl (C=O) groups is 1. The Morgan fingerprint density at radius 3 is 2.55 bits per heavy atom. The summed E-state index contributed by atoms with van der Waals surface area (Å²) >= 11 is 0. The molecule has 0 unspecified atom stereocenters. The molecule has 0 amide bonds. The van der Waals surface area contributed by atoms with Crippen LogP contribution in [0, 0.1) is 15.9 Å². The maximum absolute atomic E-state index is 13.1. The second kappa shape index (κ2) is 5.44. The number of hydrogen-bond acceptors (Lipinski definition) is 4. The smallest absolute Gasteiger partial charge is 0.329 e. The van der Waals surface area contributed by atoms with E-state index in [0.29, 0.717) is 12.8 Å². The largest absolute Gasteiger partial charge is 0.480 e. The number of aliphatic carboxylic acids is 1. The fourth-order valence-corrected chi connectivity index (χ4v) is 2.57. The summed E-state index contributed by atoms with van der Waals surface area (Å²) < 4.78 is 13.1. The quantitative estimate of drug-likeness (QED) is 0.654. The Kier molecular flexibility index (Phi) is 3.87. The predicted octanol–water partition coefficient (Wildman–Crippen LogP) is 2.93. The van der Waals surface area contributed by atoms with Crippen molar-refractivity contribution in [1.82, 2.24) is 0 Å². The van der Waals surface area contributed by atoms with Crippen LogP contribution in [-0.2, 0) is 4.79 Å². The van der Waals surface area contributed by atoms with E-state index in [1.165, 1.54) is 6.07 Å². The monoisotopic (exact) mass is 282 g/mol. The summed E-state index contributed by atoms with van der Waals surface area (Å²) in [5.41, 5.74) is -1.61. The molecular formula is C13H15FN2O4. The van der Waals surface area contributed by atoms with Gasteiger partial charge in [-0.05, 0) is 25.0 Å². The minimum atomic E-state index is -1.21. The van der Waals surface area contributed by atoms with Crippen molar-refractivity contribution >= 4 is 17.3 Å². The van der Waals surface area contributed by atoms with Crippen molar-refractivity contribution in [2.24, 2.45) is 0 Å². The van der Waals surface area contributed by atoms with Gasteiger partial charge in [-0.3, -0.25) is 10.1 Å². The molecule has 108 valence electrons. The van der Waals surface area contributed by atoms with Gasteiger partial charge in [0.2, 0.25) is 0 Å². The average Bonchev–Trinajstić information content (AvgIpc) is 2.41. The van der Waals surface area contributed by atoms with Gasteiger partial charge >= 0.3 is 5.97 Å². The number of nitrogens with one attached hydrogen (secondary N) is 1. The van der Waals surface area contributed by atoms with E-state index in [-0.39, 0.29) is 5.69 Å². The van der Waals surface area contributed by atoms with E-state index in [9.17, 15) is 24.4 Å². The van der Waals surface area contributed by atoms with Crippen molar-refractivity contribution in [3.63, 3.8) is 0 Å². The van der Waals surface area contributed by atoms with Crippen molar-refractivity contribution in [2.75, 3.05) is 5.32 Å². The SMILES string of the molecule is O=C(O)C1(Nc2ccc(F)cc2[N+](=O)[O-])CCCCC1. The normalized spacial score (nSPS) is 17.4. The zero-order valence-electron chi connectivity index (χ0n) is 10.8. The summed E-state index contributed by atoms with van der Waals surface area (Å²) in [4.78, 5) is 21.7. The number of anilines is 1. The molecule has 2 N–H and O–H groups in total. The highest BCUT2D eigenvalue weighted by Gasteiger charge is 2.40. The Morgan fingerprint density at radius 2 is 2.00 bits per heavy atom. The highest BCUT2D eigenvalue weighted by atomic mass is 19.1. The number of benzene rings is 1. The van der Waals surface area contributed by atoms with Gasteiger partial charge in [0.1, 0.15) is 17.0 Å². The van der Waals surface area contributed by atoms with Crippen LogP contribution in [0.2, 0.25) is 0 Å². The molecule has 6 nitrogen and oxygen atoms in total. The third-order valence-electron chi connectivity index (χ3n) is 3.65. The molecule has 1 fully saturated rings. The summed E-state index contributed by atoms with van der Waals surface area (Å²) in [5, 5.41) is 23.1. The number of hydrogen-bond donors (Lipinski definition) is 2. The van der Waals surface area contributed by atoms with Crippen molar-refractivity contribution < 1.29 is 19.2 Å². The summed E-state index contributed by atoms with van der Waals surface area (Å²) in [5.74, 6) is -1.76. The number of carboxylic acids is 1. The lowest BCUT2D eigenvalue weighted by atomic mass is 9.81. The molecule has 1 aliphatic rings. The molecule has 0 heterocycles. The van der Waals surface area contributed by atoms with Crippen molar-refractivity contribution in [1.29, 1.82) is 0 Å². The summed E-state index contributed by atoms with van der Waals surface area (Å²) in [6.45, 7) is 0. The molecule has 0 spiro atoms. The van der Waals surface area contributed by atoms with Crippen LogP contribution in [0.4, 0.5) is 15.8 Å². The number of nitro groups is 1. The highest BCUT2D eigenvalue weighted by Crippen LogP contribution is 2.35. The summed E-state index contributed by atoms with van der Waals surface area (Å²) in [6, 6.07) is 3.08. The molecule has 7 heteroatoms. The standard InChI is InChI=1S/C13H15FN2O4/c14-9-4-5-10(11(8-9)16(19)20)15-13(12(17)18)6-2-1-3-7-13/h4-5,8,15H,1-3,6-7H2,(H,17,18). The van der Waals surface area contributed by atoms with Crippen LogP contribution in [0.1, 0.15) is 32.1 Å². The lowest BCUT2D eigenvalue weighted by Crippen LogP contribution is -2.48. The van der Waals surface area contributed by atoms with E-state index >= 15 is 0 Å². The topological polar surface area (TPSA) is 92.5 Å². The van der Waals surface area contributed by atoms with Gasteiger partial charge in [-0.15, -0.1) is 0 Å². The highest BCUT2D eigenvalue weighted by molar-refractivity contribution is 5.84. The number of halogens is 1. The molecule has 1 saturated carbocycles. The van der Waals surface area contributed by atoms with Crippen LogP contribution in [0.5, 0.6) is 0 Å². The van der Waals surface area contributed by atoms with E-state index < -0.39 is 27.9 Å². The Morgan fingerprint density at radius 1 is 1.35 bits per heavy atom. The van der Waals surface area contributed by atoms with E-state index in [1.54, 1.807) is 0 Å². The van der Waals surface area contributed by atoms with Crippen molar-refractivity contribution in [3.05, 3.63) is 34.1 Å². The van der Waals surface area contributed by atoms with Gasteiger partial charge in [0.05, 0.1) is 11.0 Å². The van der Waals surface area contributed by atoms with Crippen LogP contribution < -0.4 is 5.32 Å². The molecule has 20 heavy (non-hydrogen) atoms. The van der Waals surface area contributed by atoms with E-state index in [0.717, 1.165) is 31.4 Å². The third kappa shape index (κ3) is 2.71. The van der Waals surface area contributed by atoms with Gasteiger partial charge in [0, 0.05) is 0 Å². The molecular weight excluding hydrogens is 267 g/mol. The number of carboxylic acid groups (broad SMARTS) is 1. The molecule has 2 rings (SSSR count). The van der Waals surface area contributed by atoms with Gasteiger partial charge in [-0.1, -0.05) is 19.3 Å². The van der Waals surface area contributed by atoms with E-state index in [1.807, 2.05) is 0 Å². The second-order valence-electron chi connectivity index (χ2n) is 4.99. The Labute approximate surface area is 114 Å². The maximum atomic E-state index is 13.1. The van der Waals surface area contributed by atoms with E-state index in [2.05, 4.69) is 5.32 Å². The second-order valence-corrected chi connectivity index (χ2v) is 4.99. The van der Waals surface area contributed by atoms with Crippen LogP contribution >= 0.6 is 0 Å². The zero-order valence-corrected chi connectivity index (χ0v) is 10.8. The first-order valence-corrected chi connectivity index (χ1v) is 6.40. The molecule has 1 aromatic carbocycles.